The molecule has 0 N–H and O–H groups in total. The average Bonchev–Trinajstić information content (AvgIpc) is 2.57. The van der Waals surface area contributed by atoms with E-state index in [1.165, 1.54) is 37.0 Å². The van der Waals surface area contributed by atoms with Crippen molar-refractivity contribution < 1.29 is 22.1 Å². The van der Waals surface area contributed by atoms with Gasteiger partial charge in [0.05, 0.1) is 5.60 Å². The van der Waals surface area contributed by atoms with Gasteiger partial charge in [0.1, 0.15) is 0 Å². The zero-order chi connectivity index (χ0) is 17.8. The third-order valence-corrected chi connectivity index (χ3v) is 21.4. The molecule has 0 spiro atoms. The molecule has 3 atom stereocenters. The lowest BCUT2D eigenvalue weighted by Crippen LogP contribution is -2.63. The van der Waals surface area contributed by atoms with Crippen molar-refractivity contribution in [3.63, 3.8) is 0 Å². The van der Waals surface area contributed by atoms with Gasteiger partial charge in [0.2, 0.25) is 0 Å². The maximum absolute atomic E-state index is 6.93. The van der Waals surface area contributed by atoms with E-state index >= 15 is 0 Å². The van der Waals surface area contributed by atoms with E-state index in [0.717, 1.165) is 13.0 Å². The minimum Gasteiger partial charge on any atom is -0.420 e. The summed E-state index contributed by atoms with van der Waals surface area (Å²) in [6, 6.07) is 2.46. The molecular formula is C16H36O5Si3. The molecule has 2 fully saturated rings. The SMILES string of the molecule is CO[Si](OC)(OC)C(C)[Si]1(C[SiH]2CCCCO2)CCCC(C)(C)O1. The lowest BCUT2D eigenvalue weighted by Gasteiger charge is -2.50. The van der Waals surface area contributed by atoms with Crippen LogP contribution in [0.4, 0.5) is 0 Å². The molecule has 2 aliphatic rings. The Hall–Kier alpha value is 0.451. The third-order valence-electron chi connectivity index (χ3n) is 5.88. The largest absolute Gasteiger partial charge is 0.502 e. The molecule has 0 aromatic carbocycles. The molecule has 0 aromatic heterocycles. The van der Waals surface area contributed by atoms with Gasteiger partial charge in [-0.25, -0.2) is 0 Å². The van der Waals surface area contributed by atoms with E-state index in [1.807, 2.05) is 0 Å². The predicted octanol–water partition coefficient (Wildman–Crippen LogP) is 3.40. The van der Waals surface area contributed by atoms with Crippen LogP contribution in [0.3, 0.4) is 0 Å². The van der Waals surface area contributed by atoms with Gasteiger partial charge in [-0.2, -0.15) is 0 Å². The molecule has 2 aliphatic heterocycles. The van der Waals surface area contributed by atoms with Crippen molar-refractivity contribution in [1.82, 2.24) is 0 Å². The summed E-state index contributed by atoms with van der Waals surface area (Å²) in [5, 5.41) is 0.225. The molecule has 5 nitrogen and oxygen atoms in total. The average molecular weight is 393 g/mol. The van der Waals surface area contributed by atoms with Gasteiger partial charge in [0, 0.05) is 33.1 Å². The quantitative estimate of drug-likeness (QED) is 0.621. The van der Waals surface area contributed by atoms with Crippen LogP contribution in [0.15, 0.2) is 0 Å². The Labute approximate surface area is 151 Å². The van der Waals surface area contributed by atoms with E-state index in [0.29, 0.717) is 0 Å². The van der Waals surface area contributed by atoms with Crippen LogP contribution in [0, 0.1) is 0 Å². The summed E-state index contributed by atoms with van der Waals surface area (Å²) in [5.74, 6) is 0. The maximum Gasteiger partial charge on any atom is 0.502 e. The molecule has 0 amide bonds. The first-order valence-electron chi connectivity index (χ1n) is 9.30. The van der Waals surface area contributed by atoms with Crippen LogP contribution in [0.2, 0.25) is 22.9 Å². The summed E-state index contributed by atoms with van der Waals surface area (Å²) in [7, 11) is -0.834. The normalized spacial score (nSPS) is 32.5. The van der Waals surface area contributed by atoms with Crippen molar-refractivity contribution >= 4 is 26.2 Å². The summed E-state index contributed by atoms with van der Waals surface area (Å²) in [5.41, 5.74) is 1.11. The first-order chi connectivity index (χ1) is 11.3. The van der Waals surface area contributed by atoms with Gasteiger partial charge in [-0.1, -0.05) is 19.8 Å². The molecule has 8 heteroatoms. The second kappa shape index (κ2) is 8.43. The Morgan fingerprint density at radius 1 is 1.12 bits per heavy atom. The summed E-state index contributed by atoms with van der Waals surface area (Å²) in [4.78, 5) is 0. The minimum absolute atomic E-state index is 0.0584. The Morgan fingerprint density at radius 2 is 1.79 bits per heavy atom. The van der Waals surface area contributed by atoms with Gasteiger partial charge in [-0.05, 0) is 44.4 Å². The van der Waals surface area contributed by atoms with Crippen LogP contribution >= 0.6 is 0 Å². The van der Waals surface area contributed by atoms with Crippen LogP contribution in [-0.2, 0) is 22.1 Å². The van der Waals surface area contributed by atoms with Crippen molar-refractivity contribution in [2.24, 2.45) is 0 Å². The smallest absolute Gasteiger partial charge is 0.420 e. The predicted molar refractivity (Wildman–Crippen MR) is 103 cm³/mol. The molecule has 0 radical (unpaired) electrons. The lowest BCUT2D eigenvalue weighted by molar-refractivity contribution is 0.0602. The molecule has 142 valence electrons. The standard InChI is InChI=1S/C16H36O5Si3/c1-15(24(17-4,18-5)19-6)23(13-9-10-16(2,3)21-23)14-22-12-8-7-11-20-22/h15,22H,7-14H2,1-6H3. The monoisotopic (exact) mass is 392 g/mol. The van der Waals surface area contributed by atoms with E-state index in [9.17, 15) is 0 Å². The van der Waals surface area contributed by atoms with Crippen molar-refractivity contribution in [3.8, 4) is 0 Å². The van der Waals surface area contributed by atoms with E-state index in [-0.39, 0.29) is 10.8 Å². The highest BCUT2D eigenvalue weighted by Gasteiger charge is 2.60. The van der Waals surface area contributed by atoms with E-state index in [4.69, 9.17) is 22.1 Å². The molecule has 3 unspecified atom stereocenters. The Morgan fingerprint density at radius 3 is 2.29 bits per heavy atom. The van der Waals surface area contributed by atoms with Crippen LogP contribution in [0.25, 0.3) is 0 Å². The number of hydrogen-bond donors (Lipinski definition) is 0. The molecule has 0 aliphatic carbocycles. The molecule has 0 bridgehead atoms. The van der Waals surface area contributed by atoms with Crippen molar-refractivity contribution in [2.45, 2.75) is 75.0 Å². The lowest BCUT2D eigenvalue weighted by atomic mass is 10.0. The zero-order valence-corrected chi connectivity index (χ0v) is 19.5. The first-order valence-corrected chi connectivity index (χ1v) is 15.6. The minimum atomic E-state index is -2.72. The van der Waals surface area contributed by atoms with Crippen molar-refractivity contribution in [3.05, 3.63) is 0 Å². The second-order valence-corrected chi connectivity index (χ2v) is 19.3. The summed E-state index contributed by atoms with van der Waals surface area (Å²) < 4.78 is 30.7. The Balaban J connectivity index is 2.30. The topological polar surface area (TPSA) is 46.2 Å². The van der Waals surface area contributed by atoms with Gasteiger partial charge >= 0.3 is 8.80 Å². The van der Waals surface area contributed by atoms with Crippen molar-refractivity contribution in [1.29, 1.82) is 0 Å². The van der Waals surface area contributed by atoms with Gasteiger partial charge in [-0.15, -0.1) is 0 Å². The molecule has 0 saturated carbocycles. The number of rotatable bonds is 7. The Bertz CT molecular complexity index is 391. The summed E-state index contributed by atoms with van der Waals surface area (Å²) >= 11 is 0. The van der Waals surface area contributed by atoms with Crippen LogP contribution in [-0.4, -0.2) is 59.7 Å². The van der Waals surface area contributed by atoms with Gasteiger partial charge in [0.25, 0.3) is 0 Å². The van der Waals surface area contributed by atoms with Gasteiger partial charge in [-0.3, -0.25) is 0 Å². The summed E-state index contributed by atoms with van der Waals surface area (Å²) in [6.07, 6.45) is 4.89. The van der Waals surface area contributed by atoms with E-state index in [2.05, 4.69) is 20.8 Å². The fourth-order valence-corrected chi connectivity index (χ4v) is 22.5. The third kappa shape index (κ3) is 4.40. The van der Waals surface area contributed by atoms with Crippen molar-refractivity contribution in [2.75, 3.05) is 27.9 Å². The van der Waals surface area contributed by atoms with Gasteiger partial charge < -0.3 is 22.1 Å². The fourth-order valence-electron chi connectivity index (χ4n) is 4.55. The van der Waals surface area contributed by atoms with Gasteiger partial charge in [0.15, 0.2) is 17.4 Å². The molecular weight excluding hydrogens is 356 g/mol. The fraction of sp³-hybridized carbons (Fsp3) is 1.00. The van der Waals surface area contributed by atoms with Crippen LogP contribution in [0.5, 0.6) is 0 Å². The number of hydrogen-bond acceptors (Lipinski definition) is 5. The van der Waals surface area contributed by atoms with Crippen LogP contribution in [0.1, 0.15) is 46.5 Å². The van der Waals surface area contributed by atoms with E-state index < -0.39 is 26.2 Å². The zero-order valence-electron chi connectivity index (χ0n) is 16.4. The second-order valence-electron chi connectivity index (χ2n) is 7.91. The first kappa shape index (κ1) is 20.8. The molecule has 2 rings (SSSR count). The van der Waals surface area contributed by atoms with E-state index in [1.54, 1.807) is 21.3 Å². The highest BCUT2D eigenvalue weighted by atomic mass is 28.4. The molecule has 2 heterocycles. The summed E-state index contributed by atoms with van der Waals surface area (Å²) in [6.45, 7) is 7.67. The Kier molecular flexibility index (Phi) is 7.29. The van der Waals surface area contributed by atoms with Crippen LogP contribution < -0.4 is 0 Å². The molecule has 24 heavy (non-hydrogen) atoms. The maximum atomic E-state index is 6.93. The highest BCUT2D eigenvalue weighted by molar-refractivity contribution is 6.94. The molecule has 2 saturated heterocycles. The highest BCUT2D eigenvalue weighted by Crippen LogP contribution is 2.47. The molecule has 0 aromatic rings.